The molecule has 2 N–H and O–H groups in total. The molecule has 0 atom stereocenters. The van der Waals surface area contributed by atoms with Crippen molar-refractivity contribution in [3.63, 3.8) is 0 Å². The van der Waals surface area contributed by atoms with Crippen LogP contribution in [0.15, 0.2) is 65.6 Å². The molecule has 0 radical (unpaired) electrons. The Morgan fingerprint density at radius 3 is 2.33 bits per heavy atom. The van der Waals surface area contributed by atoms with Gasteiger partial charge >= 0.3 is 5.69 Å². The summed E-state index contributed by atoms with van der Waals surface area (Å²) in [5, 5.41) is 13.8. The number of nitro benzene ring substituents is 1. The third-order valence-corrected chi connectivity index (χ3v) is 6.23. The molecule has 10 nitrogen and oxygen atoms in total. The number of nitro groups is 1. The number of methoxy groups -OCH3 is 2. The molecule has 0 aromatic heterocycles. The van der Waals surface area contributed by atoms with Crippen LogP contribution >= 0.6 is 0 Å². The van der Waals surface area contributed by atoms with Gasteiger partial charge in [-0.1, -0.05) is 18.2 Å². The van der Waals surface area contributed by atoms with Gasteiger partial charge in [-0.05, 0) is 48.9 Å². The second-order valence-electron chi connectivity index (χ2n) is 6.88. The van der Waals surface area contributed by atoms with Gasteiger partial charge in [0.2, 0.25) is 0 Å². The van der Waals surface area contributed by atoms with Gasteiger partial charge in [-0.2, -0.15) is 0 Å². The number of nitrogens with one attached hydrogen (secondary N) is 2. The molecule has 0 unspecified atom stereocenters. The first-order valence-electron chi connectivity index (χ1n) is 9.56. The zero-order chi connectivity index (χ0) is 24.2. The van der Waals surface area contributed by atoms with E-state index < -0.39 is 20.9 Å². The van der Waals surface area contributed by atoms with E-state index in [9.17, 15) is 23.3 Å². The molecule has 0 spiro atoms. The number of carbonyl (C=O) groups is 1. The van der Waals surface area contributed by atoms with Crippen LogP contribution in [0.2, 0.25) is 0 Å². The fourth-order valence-corrected chi connectivity index (χ4v) is 4.42. The van der Waals surface area contributed by atoms with Crippen LogP contribution in [-0.2, 0) is 10.0 Å². The van der Waals surface area contributed by atoms with E-state index in [-0.39, 0.29) is 33.3 Å². The van der Waals surface area contributed by atoms with E-state index >= 15 is 0 Å². The normalized spacial score (nSPS) is 10.9. The molecule has 0 saturated heterocycles. The fourth-order valence-electron chi connectivity index (χ4n) is 3.07. The molecule has 0 bridgehead atoms. The minimum absolute atomic E-state index is 0.0135. The Labute approximate surface area is 190 Å². The molecule has 0 fully saturated rings. The van der Waals surface area contributed by atoms with Crippen LogP contribution in [0.25, 0.3) is 0 Å². The summed E-state index contributed by atoms with van der Waals surface area (Å²) >= 11 is 0. The Kier molecular flexibility index (Phi) is 6.83. The standard InChI is InChI=1S/C22H21N3O7S/c1-14-8-10-16(23-22(26)15-9-11-20(32-3)18(12-15)25(27)28)13-21(14)33(29,30)24-17-6-4-5-7-19(17)31-2/h4-13,24H,1-3H3,(H,23,26). The first-order valence-corrected chi connectivity index (χ1v) is 11.0. The van der Waals surface area contributed by atoms with Crippen molar-refractivity contribution in [2.45, 2.75) is 11.8 Å². The van der Waals surface area contributed by atoms with Crippen LogP contribution in [0.4, 0.5) is 17.1 Å². The van der Waals surface area contributed by atoms with Gasteiger partial charge in [-0.3, -0.25) is 19.6 Å². The van der Waals surface area contributed by atoms with Crippen LogP contribution in [-0.4, -0.2) is 33.5 Å². The maximum absolute atomic E-state index is 13.0. The van der Waals surface area contributed by atoms with Crippen molar-refractivity contribution in [3.8, 4) is 11.5 Å². The van der Waals surface area contributed by atoms with Crippen LogP contribution in [0.1, 0.15) is 15.9 Å². The number of anilines is 2. The zero-order valence-corrected chi connectivity index (χ0v) is 18.8. The maximum Gasteiger partial charge on any atom is 0.311 e. The van der Waals surface area contributed by atoms with Crippen LogP contribution in [0, 0.1) is 17.0 Å². The highest BCUT2D eigenvalue weighted by atomic mass is 32.2. The average molecular weight is 471 g/mol. The van der Waals surface area contributed by atoms with Crippen LogP contribution in [0.3, 0.4) is 0 Å². The van der Waals surface area contributed by atoms with E-state index in [4.69, 9.17) is 9.47 Å². The summed E-state index contributed by atoms with van der Waals surface area (Å²) in [5.41, 5.74) is 0.567. The summed E-state index contributed by atoms with van der Waals surface area (Å²) in [5.74, 6) is -0.280. The highest BCUT2D eigenvalue weighted by Crippen LogP contribution is 2.30. The molecule has 0 saturated carbocycles. The molecule has 0 heterocycles. The maximum atomic E-state index is 13.0. The number of hydrogen-bond donors (Lipinski definition) is 2. The molecule has 0 aliphatic carbocycles. The molecule has 3 aromatic rings. The molecule has 0 aliphatic rings. The number of benzene rings is 3. The van der Waals surface area contributed by atoms with Gasteiger partial charge in [-0.15, -0.1) is 0 Å². The van der Waals surface area contributed by atoms with Crippen molar-refractivity contribution < 1.29 is 27.6 Å². The summed E-state index contributed by atoms with van der Waals surface area (Å²) in [6.45, 7) is 1.62. The van der Waals surface area contributed by atoms with E-state index in [1.807, 2.05) is 0 Å². The van der Waals surface area contributed by atoms with Gasteiger partial charge < -0.3 is 14.8 Å². The number of aryl methyl sites for hydroxylation is 1. The minimum atomic E-state index is -4.01. The number of rotatable bonds is 8. The monoisotopic (exact) mass is 471 g/mol. The molecule has 11 heteroatoms. The van der Waals surface area contributed by atoms with Gasteiger partial charge in [0.05, 0.1) is 29.7 Å². The smallest absolute Gasteiger partial charge is 0.311 e. The fraction of sp³-hybridized carbons (Fsp3) is 0.136. The number of hydrogen-bond acceptors (Lipinski definition) is 7. The van der Waals surface area contributed by atoms with Crippen molar-refractivity contribution >= 4 is 33.0 Å². The highest BCUT2D eigenvalue weighted by molar-refractivity contribution is 7.92. The van der Waals surface area contributed by atoms with Gasteiger partial charge in [-0.25, -0.2) is 8.42 Å². The average Bonchev–Trinajstić information content (AvgIpc) is 2.79. The third-order valence-electron chi connectivity index (χ3n) is 4.72. The number of amides is 1. The van der Waals surface area contributed by atoms with Crippen molar-refractivity contribution in [3.05, 3.63) is 81.9 Å². The van der Waals surface area contributed by atoms with Gasteiger partial charge in [0.1, 0.15) is 5.75 Å². The predicted octanol–water partition coefficient (Wildman–Crippen LogP) is 3.97. The van der Waals surface area contributed by atoms with E-state index in [0.29, 0.717) is 11.3 Å². The lowest BCUT2D eigenvalue weighted by atomic mass is 10.1. The second-order valence-corrected chi connectivity index (χ2v) is 8.53. The van der Waals surface area contributed by atoms with Crippen LogP contribution in [0.5, 0.6) is 11.5 Å². The Hall–Kier alpha value is -4.12. The van der Waals surface area contributed by atoms with Crippen molar-refractivity contribution in [2.24, 2.45) is 0 Å². The third kappa shape index (κ3) is 5.21. The summed E-state index contributed by atoms with van der Waals surface area (Å²) in [6.07, 6.45) is 0. The Bertz CT molecular complexity index is 1320. The lowest BCUT2D eigenvalue weighted by molar-refractivity contribution is -0.385. The number of carbonyl (C=O) groups excluding carboxylic acids is 1. The summed E-state index contributed by atoms with van der Waals surface area (Å²) in [7, 11) is -1.30. The topological polar surface area (TPSA) is 137 Å². The number of para-hydroxylation sites is 2. The van der Waals surface area contributed by atoms with Crippen molar-refractivity contribution in [1.29, 1.82) is 0 Å². The molecule has 0 aliphatic heterocycles. The first kappa shape index (κ1) is 23.5. The highest BCUT2D eigenvalue weighted by Gasteiger charge is 2.21. The predicted molar refractivity (Wildman–Crippen MR) is 123 cm³/mol. The Morgan fingerprint density at radius 2 is 1.67 bits per heavy atom. The molecule has 3 rings (SSSR count). The zero-order valence-electron chi connectivity index (χ0n) is 18.0. The second kappa shape index (κ2) is 9.57. The van der Waals surface area contributed by atoms with Gasteiger partial charge in [0.25, 0.3) is 15.9 Å². The van der Waals surface area contributed by atoms with Crippen molar-refractivity contribution in [2.75, 3.05) is 24.3 Å². The quantitative estimate of drug-likeness (QED) is 0.374. The summed E-state index contributed by atoms with van der Waals surface area (Å²) in [4.78, 5) is 23.2. The lowest BCUT2D eigenvalue weighted by Crippen LogP contribution is -2.16. The molecule has 33 heavy (non-hydrogen) atoms. The Morgan fingerprint density at radius 1 is 0.970 bits per heavy atom. The van der Waals surface area contributed by atoms with E-state index in [1.54, 1.807) is 37.3 Å². The molecular weight excluding hydrogens is 450 g/mol. The minimum Gasteiger partial charge on any atom is -0.495 e. The van der Waals surface area contributed by atoms with E-state index in [2.05, 4.69) is 10.0 Å². The molecule has 172 valence electrons. The molecule has 3 aromatic carbocycles. The SMILES string of the molecule is COc1ccccc1NS(=O)(=O)c1cc(NC(=O)c2ccc(OC)c([N+](=O)[O-])c2)ccc1C. The largest absolute Gasteiger partial charge is 0.495 e. The summed E-state index contributed by atoms with van der Waals surface area (Å²) < 4.78 is 38.6. The van der Waals surface area contributed by atoms with Gasteiger partial charge in [0, 0.05) is 17.3 Å². The number of sulfonamides is 1. The number of nitrogens with zero attached hydrogens (tertiary/aromatic N) is 1. The first-order chi connectivity index (χ1) is 15.7. The molecule has 1 amide bonds. The molecular formula is C22H21N3O7S. The van der Waals surface area contributed by atoms with E-state index in [1.165, 1.54) is 38.5 Å². The van der Waals surface area contributed by atoms with Crippen LogP contribution < -0.4 is 19.5 Å². The van der Waals surface area contributed by atoms with E-state index in [0.717, 1.165) is 6.07 Å². The lowest BCUT2D eigenvalue weighted by Gasteiger charge is -2.14. The summed E-state index contributed by atoms with van der Waals surface area (Å²) in [6, 6.07) is 14.7. The van der Waals surface area contributed by atoms with Gasteiger partial charge in [0.15, 0.2) is 5.75 Å². The van der Waals surface area contributed by atoms with Crippen molar-refractivity contribution in [1.82, 2.24) is 0 Å². The number of ether oxygens (including phenoxy) is 2. The Balaban J connectivity index is 1.89.